The molecule has 0 amide bonds. The topological polar surface area (TPSA) is 61.3 Å². The van der Waals surface area contributed by atoms with Gasteiger partial charge in [0.2, 0.25) is 5.88 Å². The van der Waals surface area contributed by atoms with Crippen LogP contribution in [0.1, 0.15) is 21.6 Å². The Bertz CT molecular complexity index is 678. The minimum absolute atomic E-state index is 0.0770. The van der Waals surface area contributed by atoms with Gasteiger partial charge in [0.1, 0.15) is 5.75 Å². The summed E-state index contributed by atoms with van der Waals surface area (Å²) < 4.78 is 33.8. The Hall–Kier alpha value is -2.57. The molecule has 0 saturated carbocycles. The van der Waals surface area contributed by atoms with Gasteiger partial charge in [0.05, 0.1) is 5.69 Å². The summed E-state index contributed by atoms with van der Waals surface area (Å²) >= 11 is 0. The van der Waals surface area contributed by atoms with E-state index in [1.165, 1.54) is 24.3 Å². The van der Waals surface area contributed by atoms with E-state index < -0.39 is 6.61 Å². The van der Waals surface area contributed by atoms with Crippen LogP contribution < -0.4 is 9.47 Å². The third kappa shape index (κ3) is 4.21. The van der Waals surface area contributed by atoms with Crippen molar-refractivity contribution in [3.63, 3.8) is 0 Å². The van der Waals surface area contributed by atoms with Gasteiger partial charge < -0.3 is 9.47 Å². The van der Waals surface area contributed by atoms with Crippen molar-refractivity contribution in [3.8, 4) is 11.6 Å². The summed E-state index contributed by atoms with van der Waals surface area (Å²) in [5, 5.41) is 7.70. The van der Waals surface area contributed by atoms with Gasteiger partial charge in [-0.15, -0.1) is 5.10 Å². The van der Waals surface area contributed by atoms with Crippen molar-refractivity contribution in [2.24, 2.45) is 0 Å². The van der Waals surface area contributed by atoms with Gasteiger partial charge in [0.25, 0.3) is 0 Å². The summed E-state index contributed by atoms with van der Waals surface area (Å²) in [6.07, 6.45) is 0. The molecule has 0 aliphatic rings. The summed E-state index contributed by atoms with van der Waals surface area (Å²) in [4.78, 5) is 12.0. The molecule has 7 heteroatoms. The molecule has 116 valence electrons. The number of carbonyl (C=O) groups excluding carboxylic acids is 1. The molecule has 0 unspecified atom stereocenters. The van der Waals surface area contributed by atoms with Crippen LogP contribution in [-0.4, -0.2) is 29.2 Å². The second-order valence-electron chi connectivity index (χ2n) is 4.57. The van der Waals surface area contributed by atoms with Crippen LogP contribution >= 0.6 is 0 Å². The number of halogens is 2. The predicted octanol–water partition coefficient (Wildman–Crippen LogP) is 2.96. The Morgan fingerprint density at radius 2 is 2.00 bits per heavy atom. The zero-order chi connectivity index (χ0) is 16.1. The van der Waals surface area contributed by atoms with E-state index in [-0.39, 0.29) is 29.6 Å². The number of benzene rings is 1. The van der Waals surface area contributed by atoms with Crippen molar-refractivity contribution in [1.29, 1.82) is 0 Å². The summed E-state index contributed by atoms with van der Waals surface area (Å²) in [6, 6.07) is 7.21. The number of Topliss-reactive ketones (excluding diaryl/α,β-unsaturated/α-hetero) is 1. The summed E-state index contributed by atoms with van der Waals surface area (Å²) in [5.74, 6) is -0.219. The number of alkyl halides is 2. The molecule has 1 heterocycles. The van der Waals surface area contributed by atoms with E-state index >= 15 is 0 Å². The van der Waals surface area contributed by atoms with Gasteiger partial charge in [-0.1, -0.05) is 12.1 Å². The molecular weight excluding hydrogens is 294 g/mol. The van der Waals surface area contributed by atoms with Crippen molar-refractivity contribution in [2.75, 3.05) is 6.61 Å². The molecule has 0 N–H and O–H groups in total. The number of rotatable bonds is 6. The molecule has 2 aromatic rings. The summed E-state index contributed by atoms with van der Waals surface area (Å²) in [6.45, 7) is 0.456. The molecule has 0 spiro atoms. The predicted molar refractivity (Wildman–Crippen MR) is 74.4 cm³/mol. The molecule has 22 heavy (non-hydrogen) atoms. The second-order valence-corrected chi connectivity index (χ2v) is 4.57. The van der Waals surface area contributed by atoms with E-state index in [9.17, 15) is 13.6 Å². The number of nitrogens with zero attached hydrogens (tertiary/aromatic N) is 2. The van der Waals surface area contributed by atoms with Crippen molar-refractivity contribution in [2.45, 2.75) is 20.5 Å². The van der Waals surface area contributed by atoms with Crippen LogP contribution in [0, 0.1) is 13.8 Å². The Morgan fingerprint density at radius 3 is 2.68 bits per heavy atom. The maximum Gasteiger partial charge on any atom is 0.387 e. The lowest BCUT2D eigenvalue weighted by Gasteiger charge is -2.08. The fourth-order valence-electron chi connectivity index (χ4n) is 1.66. The van der Waals surface area contributed by atoms with Crippen LogP contribution in [-0.2, 0) is 0 Å². The lowest BCUT2D eigenvalue weighted by Crippen LogP contribution is -2.13. The van der Waals surface area contributed by atoms with Crippen molar-refractivity contribution in [1.82, 2.24) is 10.2 Å². The minimum Gasteiger partial charge on any atom is -0.468 e. The zero-order valence-electron chi connectivity index (χ0n) is 12.0. The highest BCUT2D eigenvalue weighted by Crippen LogP contribution is 2.17. The highest BCUT2D eigenvalue weighted by molar-refractivity contribution is 5.97. The van der Waals surface area contributed by atoms with Gasteiger partial charge in [0, 0.05) is 11.6 Å². The summed E-state index contributed by atoms with van der Waals surface area (Å²) in [7, 11) is 0. The van der Waals surface area contributed by atoms with Crippen molar-refractivity contribution in [3.05, 3.63) is 47.2 Å². The number of hydrogen-bond acceptors (Lipinski definition) is 5. The summed E-state index contributed by atoms with van der Waals surface area (Å²) in [5.41, 5.74) is 1.88. The molecule has 0 radical (unpaired) electrons. The first-order chi connectivity index (χ1) is 10.5. The smallest absolute Gasteiger partial charge is 0.387 e. The van der Waals surface area contributed by atoms with Crippen LogP contribution in [0.25, 0.3) is 0 Å². The molecule has 0 bridgehead atoms. The van der Waals surface area contributed by atoms with E-state index in [0.29, 0.717) is 0 Å². The normalized spacial score (nSPS) is 10.6. The standard InChI is InChI=1S/C15H14F2N2O3/c1-9-6-14(19-18-10(9)2)21-8-13(20)11-4-3-5-12(7-11)22-15(16)17/h3-7,15H,8H2,1-2H3. The molecule has 0 atom stereocenters. The number of aromatic nitrogens is 2. The molecular formula is C15H14F2N2O3. The lowest BCUT2D eigenvalue weighted by molar-refractivity contribution is -0.0498. The third-order valence-electron chi connectivity index (χ3n) is 2.94. The van der Waals surface area contributed by atoms with E-state index in [0.717, 1.165) is 11.3 Å². The number of ketones is 1. The Kier molecular flexibility index (Phi) is 4.98. The Balaban J connectivity index is 2.01. The van der Waals surface area contributed by atoms with Gasteiger partial charge in [-0.2, -0.15) is 13.9 Å². The van der Waals surface area contributed by atoms with Crippen molar-refractivity contribution >= 4 is 5.78 Å². The van der Waals surface area contributed by atoms with E-state index in [1.807, 2.05) is 13.8 Å². The van der Waals surface area contributed by atoms with Crippen LogP contribution in [0.3, 0.4) is 0 Å². The Labute approximate surface area is 125 Å². The Morgan fingerprint density at radius 1 is 1.23 bits per heavy atom. The SMILES string of the molecule is Cc1cc(OCC(=O)c2cccc(OC(F)F)c2)nnc1C. The third-order valence-corrected chi connectivity index (χ3v) is 2.94. The lowest BCUT2D eigenvalue weighted by atomic mass is 10.1. The highest BCUT2D eigenvalue weighted by atomic mass is 19.3. The average Bonchev–Trinajstić information content (AvgIpc) is 2.48. The molecule has 5 nitrogen and oxygen atoms in total. The second kappa shape index (κ2) is 6.93. The first-order valence-electron chi connectivity index (χ1n) is 6.47. The molecule has 0 aliphatic heterocycles. The van der Waals surface area contributed by atoms with E-state index in [4.69, 9.17) is 4.74 Å². The monoisotopic (exact) mass is 308 g/mol. The molecule has 0 saturated heterocycles. The van der Waals surface area contributed by atoms with Gasteiger partial charge in [0.15, 0.2) is 12.4 Å². The fraction of sp³-hybridized carbons (Fsp3) is 0.267. The molecule has 0 fully saturated rings. The number of hydrogen-bond donors (Lipinski definition) is 0. The highest BCUT2D eigenvalue weighted by Gasteiger charge is 2.11. The fourth-order valence-corrected chi connectivity index (χ4v) is 1.66. The van der Waals surface area contributed by atoms with Gasteiger partial charge in [-0.25, -0.2) is 0 Å². The quantitative estimate of drug-likeness (QED) is 0.768. The van der Waals surface area contributed by atoms with Crippen LogP contribution in [0.5, 0.6) is 11.6 Å². The van der Waals surface area contributed by atoms with Crippen LogP contribution in [0.2, 0.25) is 0 Å². The van der Waals surface area contributed by atoms with E-state index in [2.05, 4.69) is 14.9 Å². The number of ether oxygens (including phenoxy) is 2. The van der Waals surface area contributed by atoms with Gasteiger partial charge >= 0.3 is 6.61 Å². The first kappa shape index (κ1) is 15.8. The number of aryl methyl sites for hydroxylation is 2. The maximum atomic E-state index is 12.1. The van der Waals surface area contributed by atoms with Gasteiger partial charge in [-0.3, -0.25) is 4.79 Å². The molecule has 0 aliphatic carbocycles. The van der Waals surface area contributed by atoms with E-state index in [1.54, 1.807) is 6.07 Å². The minimum atomic E-state index is -2.94. The molecule has 1 aromatic heterocycles. The van der Waals surface area contributed by atoms with Gasteiger partial charge in [-0.05, 0) is 31.5 Å². The molecule has 1 aromatic carbocycles. The van der Waals surface area contributed by atoms with Crippen LogP contribution in [0.4, 0.5) is 8.78 Å². The van der Waals surface area contributed by atoms with Crippen molar-refractivity contribution < 1.29 is 23.0 Å². The van der Waals surface area contributed by atoms with Crippen LogP contribution in [0.15, 0.2) is 30.3 Å². The zero-order valence-corrected chi connectivity index (χ0v) is 12.0. The largest absolute Gasteiger partial charge is 0.468 e. The first-order valence-corrected chi connectivity index (χ1v) is 6.47. The average molecular weight is 308 g/mol. The number of carbonyl (C=O) groups is 1. The maximum absolute atomic E-state index is 12.1. The molecule has 2 rings (SSSR count).